The Morgan fingerprint density at radius 3 is 1.65 bits per heavy atom. The van der Waals surface area contributed by atoms with Gasteiger partial charge in [-0.25, -0.2) is 0 Å². The molecular formula is C23H42NOP. The van der Waals surface area contributed by atoms with Gasteiger partial charge in [0.05, 0.1) is 0 Å². The Hall–Kier alpha value is -0.880. The van der Waals surface area contributed by atoms with Gasteiger partial charge in [0.25, 0.3) is 0 Å². The van der Waals surface area contributed by atoms with Crippen molar-refractivity contribution >= 4 is 18.9 Å². The predicted octanol–water partition coefficient (Wildman–Crippen LogP) is 6.70. The Bertz CT molecular complexity index is 523. The van der Waals surface area contributed by atoms with Gasteiger partial charge in [0, 0.05) is 0 Å². The molecule has 1 aromatic rings. The molecule has 0 aliphatic heterocycles. The number of carbonyl (C=O) groups is 1. The van der Waals surface area contributed by atoms with Crippen molar-refractivity contribution in [3.8, 4) is 0 Å². The number of unbranched alkanes of at least 4 members (excludes halogenated alkanes) is 3. The summed E-state index contributed by atoms with van der Waals surface area (Å²) in [5, 5.41) is 3.29. The molecule has 1 aromatic carbocycles. The molecule has 1 N–H and O–H groups in total. The van der Waals surface area contributed by atoms with Crippen LogP contribution in [0.2, 0.25) is 0 Å². The third kappa shape index (κ3) is 7.39. The quantitative estimate of drug-likeness (QED) is 0.402. The van der Waals surface area contributed by atoms with E-state index in [0.717, 1.165) is 11.8 Å². The fourth-order valence-electron chi connectivity index (χ4n) is 4.20. The van der Waals surface area contributed by atoms with E-state index in [1.807, 2.05) is 0 Å². The summed E-state index contributed by atoms with van der Waals surface area (Å²) in [5.41, 5.74) is 4.65. The number of carbonyl (C=O) groups excluding carboxylic acids is 1. The van der Waals surface area contributed by atoms with E-state index in [1.54, 1.807) is 0 Å². The van der Waals surface area contributed by atoms with Crippen LogP contribution in [0.4, 0.5) is 5.69 Å². The second-order valence-corrected chi connectivity index (χ2v) is 13.2. The molecule has 3 heteroatoms. The maximum absolute atomic E-state index is 13.0. The second-order valence-electron chi connectivity index (χ2n) is 8.31. The summed E-state index contributed by atoms with van der Waals surface area (Å²) in [6, 6.07) is 4.33. The van der Waals surface area contributed by atoms with E-state index >= 15 is 0 Å². The van der Waals surface area contributed by atoms with Gasteiger partial charge in [-0.05, 0) is 0 Å². The van der Waals surface area contributed by atoms with Crippen LogP contribution in [0.1, 0.15) is 76.0 Å². The van der Waals surface area contributed by atoms with Crippen molar-refractivity contribution in [2.75, 3.05) is 30.0 Å². The number of rotatable bonds is 12. The Balaban J connectivity index is 2.95. The summed E-state index contributed by atoms with van der Waals surface area (Å²) in [6.45, 7) is 13.1. The van der Waals surface area contributed by atoms with E-state index in [-0.39, 0.29) is 5.91 Å². The Labute approximate surface area is 162 Å². The first-order valence-electron chi connectivity index (χ1n) is 10.7. The molecule has 150 valence electrons. The standard InChI is InChI=1S/C23H42NOP/c1-7-10-13-26(14-11-8-2,15-12-9-3)18-22(25)24-23-20(5)16-19(4)17-21(23)6/h16-17,26H,7-15,18H2,1-6H3,(H,24,25). The van der Waals surface area contributed by atoms with Crippen molar-refractivity contribution in [1.82, 2.24) is 0 Å². The molecule has 0 unspecified atom stereocenters. The Morgan fingerprint density at radius 1 is 0.846 bits per heavy atom. The number of aryl methyl sites for hydroxylation is 3. The molecule has 0 aliphatic rings. The van der Waals surface area contributed by atoms with Crippen molar-refractivity contribution < 1.29 is 4.79 Å². The summed E-state index contributed by atoms with van der Waals surface area (Å²) < 4.78 is 0. The van der Waals surface area contributed by atoms with Crippen LogP contribution < -0.4 is 5.32 Å². The first-order valence-corrected chi connectivity index (χ1v) is 13.6. The fourth-order valence-corrected chi connectivity index (χ4v) is 9.56. The van der Waals surface area contributed by atoms with E-state index in [1.165, 1.54) is 73.7 Å². The van der Waals surface area contributed by atoms with E-state index in [4.69, 9.17) is 0 Å². The zero-order valence-corrected chi connectivity index (χ0v) is 19.1. The monoisotopic (exact) mass is 379 g/mol. The molecule has 0 fully saturated rings. The van der Waals surface area contributed by atoms with Gasteiger partial charge >= 0.3 is 163 Å². The van der Waals surface area contributed by atoms with E-state index in [2.05, 4.69) is 59.0 Å². The van der Waals surface area contributed by atoms with Crippen LogP contribution in [0.3, 0.4) is 0 Å². The maximum atomic E-state index is 13.0. The normalized spacial score (nSPS) is 12.2. The van der Waals surface area contributed by atoms with Gasteiger partial charge in [0.1, 0.15) is 0 Å². The zero-order valence-electron chi connectivity index (χ0n) is 18.1. The van der Waals surface area contributed by atoms with Crippen molar-refractivity contribution in [1.29, 1.82) is 0 Å². The van der Waals surface area contributed by atoms with Crippen LogP contribution in [0, 0.1) is 20.8 Å². The summed E-state index contributed by atoms with van der Waals surface area (Å²) in [5.74, 6) is 0.259. The molecule has 0 atom stereocenters. The predicted molar refractivity (Wildman–Crippen MR) is 122 cm³/mol. The average Bonchev–Trinajstić information content (AvgIpc) is 2.59. The molecule has 0 aromatic heterocycles. The van der Waals surface area contributed by atoms with Gasteiger partial charge in [-0.1, -0.05) is 0 Å². The van der Waals surface area contributed by atoms with Gasteiger partial charge < -0.3 is 0 Å². The van der Waals surface area contributed by atoms with Crippen molar-refractivity contribution in [3.05, 3.63) is 28.8 Å². The zero-order chi connectivity index (χ0) is 19.6. The number of amides is 1. The van der Waals surface area contributed by atoms with Crippen molar-refractivity contribution in [3.63, 3.8) is 0 Å². The van der Waals surface area contributed by atoms with Crippen molar-refractivity contribution in [2.24, 2.45) is 0 Å². The number of anilines is 1. The molecule has 1 rings (SSSR count). The molecule has 0 aliphatic carbocycles. The van der Waals surface area contributed by atoms with E-state index < -0.39 is 7.26 Å². The first-order chi connectivity index (χ1) is 12.4. The number of nitrogens with one attached hydrogen (secondary N) is 1. The summed E-state index contributed by atoms with van der Waals surface area (Å²) in [6.07, 6.45) is 12.4. The first kappa shape index (κ1) is 23.2. The minimum atomic E-state index is -1.53. The van der Waals surface area contributed by atoms with Gasteiger partial charge in [-0.15, -0.1) is 0 Å². The van der Waals surface area contributed by atoms with Crippen LogP contribution in [0.15, 0.2) is 12.1 Å². The van der Waals surface area contributed by atoms with E-state index in [0.29, 0.717) is 0 Å². The number of benzene rings is 1. The molecule has 0 bridgehead atoms. The molecule has 0 saturated heterocycles. The number of hydrogen-bond donors (Lipinski definition) is 1. The van der Waals surface area contributed by atoms with Gasteiger partial charge in [0.15, 0.2) is 0 Å². The summed E-state index contributed by atoms with van der Waals surface area (Å²) in [7, 11) is -1.53. The second kappa shape index (κ2) is 11.8. The summed E-state index contributed by atoms with van der Waals surface area (Å²) in [4.78, 5) is 13.0. The van der Waals surface area contributed by atoms with Crippen LogP contribution in [0.5, 0.6) is 0 Å². The van der Waals surface area contributed by atoms with Gasteiger partial charge in [-0.3, -0.25) is 0 Å². The SMILES string of the molecule is CCCC[PH](CCCC)(CCCC)CC(=O)Nc1c(C)cc(C)cc1C. The molecule has 2 nitrogen and oxygen atoms in total. The average molecular weight is 380 g/mol. The minimum absolute atomic E-state index is 0.259. The molecule has 1 amide bonds. The van der Waals surface area contributed by atoms with Gasteiger partial charge in [-0.2, -0.15) is 0 Å². The topological polar surface area (TPSA) is 29.1 Å². The third-order valence-corrected chi connectivity index (χ3v) is 11.0. The molecular weight excluding hydrogens is 337 g/mol. The van der Waals surface area contributed by atoms with Crippen LogP contribution in [0.25, 0.3) is 0 Å². The van der Waals surface area contributed by atoms with Crippen molar-refractivity contribution in [2.45, 2.75) is 80.1 Å². The van der Waals surface area contributed by atoms with E-state index in [9.17, 15) is 4.79 Å². The molecule has 26 heavy (non-hydrogen) atoms. The molecule has 0 radical (unpaired) electrons. The fraction of sp³-hybridized carbons (Fsp3) is 0.696. The number of hydrogen-bond acceptors (Lipinski definition) is 1. The molecule has 0 spiro atoms. The molecule has 0 heterocycles. The van der Waals surface area contributed by atoms with Crippen LogP contribution in [-0.4, -0.2) is 30.6 Å². The van der Waals surface area contributed by atoms with Crippen LogP contribution >= 0.6 is 7.26 Å². The Kier molecular flexibility index (Phi) is 10.5. The third-order valence-electron chi connectivity index (χ3n) is 5.66. The van der Waals surface area contributed by atoms with Gasteiger partial charge in [0.2, 0.25) is 0 Å². The summed E-state index contributed by atoms with van der Waals surface area (Å²) >= 11 is 0. The Morgan fingerprint density at radius 2 is 1.27 bits per heavy atom. The molecule has 0 saturated carbocycles. The van der Waals surface area contributed by atoms with Crippen LogP contribution in [-0.2, 0) is 4.79 Å².